The van der Waals surface area contributed by atoms with Crippen molar-refractivity contribution in [3.8, 4) is 5.75 Å². The van der Waals surface area contributed by atoms with Crippen molar-refractivity contribution in [1.82, 2.24) is 34.7 Å². The molecule has 0 spiro atoms. The van der Waals surface area contributed by atoms with Crippen LogP contribution >= 0.6 is 0 Å². The van der Waals surface area contributed by atoms with Crippen LogP contribution < -0.4 is 4.74 Å². The van der Waals surface area contributed by atoms with Gasteiger partial charge in [0.1, 0.15) is 29.2 Å². The second-order valence-corrected chi connectivity index (χ2v) is 13.8. The number of benzene rings is 5. The molecule has 0 bridgehead atoms. The van der Waals surface area contributed by atoms with E-state index in [9.17, 15) is 0 Å². The normalized spacial score (nSPS) is 13.4. The third-order valence-corrected chi connectivity index (χ3v) is 10.4. The van der Waals surface area contributed by atoms with Crippen molar-refractivity contribution >= 4 is 22.8 Å². The van der Waals surface area contributed by atoms with Crippen molar-refractivity contribution in [2.24, 2.45) is 0 Å². The Hall–Kier alpha value is -6.67. The molecule has 9 rings (SSSR count). The molecular formula is C46H39N7O. The Morgan fingerprint density at radius 1 is 0.722 bits per heavy atom. The van der Waals surface area contributed by atoms with Crippen LogP contribution in [0.25, 0.3) is 22.8 Å². The number of nitrogens with zero attached hydrogens (tertiary/aromatic N) is 7. The quantitative estimate of drug-likeness (QED) is 0.147. The molecule has 0 unspecified atom stereocenters. The molecule has 0 fully saturated rings. The first-order valence-corrected chi connectivity index (χ1v) is 18.4. The summed E-state index contributed by atoms with van der Waals surface area (Å²) < 4.78 is 10.8. The van der Waals surface area contributed by atoms with Crippen molar-refractivity contribution in [3.63, 3.8) is 0 Å². The highest BCUT2D eigenvalue weighted by Gasteiger charge is 2.41. The molecule has 1 aliphatic rings. The molecule has 0 amide bonds. The molecule has 0 saturated heterocycles. The first-order chi connectivity index (χ1) is 26.5. The van der Waals surface area contributed by atoms with Gasteiger partial charge in [0.05, 0.1) is 6.54 Å². The van der Waals surface area contributed by atoms with Crippen LogP contribution in [0.5, 0.6) is 5.75 Å². The Bertz CT molecular complexity index is 2550. The summed E-state index contributed by atoms with van der Waals surface area (Å²) in [4.78, 5) is 9.91. The van der Waals surface area contributed by atoms with Gasteiger partial charge in [0.2, 0.25) is 0 Å². The van der Waals surface area contributed by atoms with E-state index in [1.807, 2.05) is 48.0 Å². The average molecular weight is 706 g/mol. The number of para-hydroxylation sites is 1. The molecule has 0 saturated carbocycles. The average Bonchev–Trinajstić information content (AvgIpc) is 3.78. The number of aromatic nitrogens is 7. The van der Waals surface area contributed by atoms with E-state index < -0.39 is 5.54 Å². The van der Waals surface area contributed by atoms with E-state index in [0.717, 1.165) is 84.9 Å². The standard InChI is InChI=1S/C46H39N7O/c1-4-42-48-44-31(2)26-32(3)47-45(44)52(42)29-33-24-25-38-34(27-33)30-54-41-23-15-14-22-39(41)40(38)28-43-49-50-51-53(43)46(35-16-8-5-9-17-35,36-18-10-6-11-19-36)37-20-12-7-13-21-37/h5-28H,4,29-30H2,1-3H3/b40-28+. The van der Waals surface area contributed by atoms with E-state index in [4.69, 9.17) is 25.0 Å². The van der Waals surface area contributed by atoms with Gasteiger partial charge in [-0.15, -0.1) is 5.10 Å². The molecular weight excluding hydrogens is 667 g/mol. The molecule has 264 valence electrons. The third kappa shape index (κ3) is 5.58. The molecule has 0 atom stereocenters. The number of rotatable bonds is 8. The number of pyridine rings is 1. The SMILES string of the molecule is CCc1nc2c(C)cc(C)nc2n1Cc1ccc2c(c1)COc1ccccc1/C2=C/c1nnnn1C(c1ccccc1)(c1ccccc1)c1ccccc1. The number of hydrogen-bond donors (Lipinski definition) is 0. The van der Waals surface area contributed by atoms with Gasteiger partial charge in [-0.25, -0.2) is 14.6 Å². The maximum absolute atomic E-state index is 6.54. The molecule has 8 aromatic rings. The van der Waals surface area contributed by atoms with Gasteiger partial charge in [0.15, 0.2) is 11.5 Å². The predicted molar refractivity (Wildman–Crippen MR) is 212 cm³/mol. The van der Waals surface area contributed by atoms with E-state index in [1.165, 1.54) is 0 Å². The summed E-state index contributed by atoms with van der Waals surface area (Å²) >= 11 is 0. The van der Waals surface area contributed by atoms with E-state index >= 15 is 0 Å². The predicted octanol–water partition coefficient (Wildman–Crippen LogP) is 8.97. The van der Waals surface area contributed by atoms with Crippen molar-refractivity contribution in [1.29, 1.82) is 0 Å². The Labute approximate surface area is 314 Å². The maximum atomic E-state index is 6.54. The van der Waals surface area contributed by atoms with E-state index in [2.05, 4.69) is 133 Å². The van der Waals surface area contributed by atoms with Crippen molar-refractivity contribution in [2.45, 2.75) is 45.9 Å². The number of tetrazole rings is 1. The lowest BCUT2D eigenvalue weighted by Gasteiger charge is -2.36. The number of fused-ring (bicyclic) bond motifs is 3. The first kappa shape index (κ1) is 33.2. The summed E-state index contributed by atoms with van der Waals surface area (Å²) in [6.07, 6.45) is 2.93. The Kier molecular flexibility index (Phi) is 8.43. The monoisotopic (exact) mass is 705 g/mol. The number of imidazole rings is 1. The van der Waals surface area contributed by atoms with Crippen LogP contribution in [0.15, 0.2) is 140 Å². The number of aryl methyl sites for hydroxylation is 3. The topological polar surface area (TPSA) is 83.5 Å². The maximum Gasteiger partial charge on any atom is 0.177 e. The van der Waals surface area contributed by atoms with Crippen LogP contribution in [0.2, 0.25) is 0 Å². The second kappa shape index (κ2) is 13.7. The van der Waals surface area contributed by atoms with Gasteiger partial charge in [-0.3, -0.25) is 0 Å². The second-order valence-electron chi connectivity index (χ2n) is 13.8. The van der Waals surface area contributed by atoms with Gasteiger partial charge >= 0.3 is 0 Å². The van der Waals surface area contributed by atoms with Gasteiger partial charge in [-0.05, 0) is 93.1 Å². The van der Waals surface area contributed by atoms with E-state index in [1.54, 1.807) is 0 Å². The summed E-state index contributed by atoms with van der Waals surface area (Å²) in [5.74, 6) is 2.45. The third-order valence-electron chi connectivity index (χ3n) is 10.4. The first-order valence-electron chi connectivity index (χ1n) is 18.4. The minimum atomic E-state index is -0.873. The summed E-state index contributed by atoms with van der Waals surface area (Å²) in [7, 11) is 0. The van der Waals surface area contributed by atoms with E-state index in [-0.39, 0.29) is 0 Å². The summed E-state index contributed by atoms with van der Waals surface area (Å²) in [6, 6.07) is 48.4. The molecule has 8 heteroatoms. The highest BCUT2D eigenvalue weighted by atomic mass is 16.5. The fourth-order valence-electron chi connectivity index (χ4n) is 8.02. The van der Waals surface area contributed by atoms with Gasteiger partial charge in [-0.2, -0.15) is 0 Å². The lowest BCUT2D eigenvalue weighted by atomic mass is 9.77. The minimum absolute atomic E-state index is 0.423. The van der Waals surface area contributed by atoms with Crippen LogP contribution in [0, 0.1) is 13.8 Å². The Morgan fingerprint density at radius 3 is 2.04 bits per heavy atom. The molecule has 54 heavy (non-hydrogen) atoms. The summed E-state index contributed by atoms with van der Waals surface area (Å²) in [6.45, 7) is 7.38. The zero-order valence-corrected chi connectivity index (χ0v) is 30.5. The Balaban J connectivity index is 1.23. The van der Waals surface area contributed by atoms with E-state index in [0.29, 0.717) is 19.0 Å². The number of ether oxygens (including phenoxy) is 1. The molecule has 0 aliphatic carbocycles. The number of hydrogen-bond acceptors (Lipinski definition) is 6. The molecule has 8 nitrogen and oxygen atoms in total. The van der Waals surface area contributed by atoms with Crippen molar-refractivity contribution < 1.29 is 4.74 Å². The molecule has 0 radical (unpaired) electrons. The molecule has 0 N–H and O–H groups in total. The van der Waals surface area contributed by atoms with Gasteiger partial charge in [0, 0.05) is 17.7 Å². The van der Waals surface area contributed by atoms with Crippen LogP contribution in [0.3, 0.4) is 0 Å². The molecule has 4 heterocycles. The summed E-state index contributed by atoms with van der Waals surface area (Å²) in [5.41, 5.74) is 11.5. The summed E-state index contributed by atoms with van der Waals surface area (Å²) in [5, 5.41) is 13.9. The smallest absolute Gasteiger partial charge is 0.177 e. The largest absolute Gasteiger partial charge is 0.488 e. The molecule has 3 aromatic heterocycles. The van der Waals surface area contributed by atoms with Crippen LogP contribution in [-0.4, -0.2) is 34.7 Å². The fourth-order valence-corrected chi connectivity index (χ4v) is 8.02. The highest BCUT2D eigenvalue weighted by Crippen LogP contribution is 2.43. The highest BCUT2D eigenvalue weighted by molar-refractivity contribution is 5.94. The minimum Gasteiger partial charge on any atom is -0.488 e. The Morgan fingerprint density at radius 2 is 1.37 bits per heavy atom. The zero-order valence-electron chi connectivity index (χ0n) is 30.5. The van der Waals surface area contributed by atoms with Crippen molar-refractivity contribution in [2.75, 3.05) is 0 Å². The van der Waals surface area contributed by atoms with Crippen molar-refractivity contribution in [3.05, 3.63) is 201 Å². The van der Waals surface area contributed by atoms with Crippen LogP contribution in [0.1, 0.15) is 68.8 Å². The lowest BCUT2D eigenvalue weighted by Crippen LogP contribution is -2.39. The van der Waals surface area contributed by atoms with Gasteiger partial charge < -0.3 is 9.30 Å². The van der Waals surface area contributed by atoms with Gasteiger partial charge in [0.25, 0.3) is 0 Å². The van der Waals surface area contributed by atoms with Crippen LogP contribution in [-0.2, 0) is 25.1 Å². The van der Waals surface area contributed by atoms with Crippen LogP contribution in [0.4, 0.5) is 0 Å². The molecule has 5 aromatic carbocycles. The molecule has 1 aliphatic heterocycles. The lowest BCUT2D eigenvalue weighted by molar-refractivity contribution is 0.307. The zero-order chi connectivity index (χ0) is 36.6. The van der Waals surface area contributed by atoms with Gasteiger partial charge in [-0.1, -0.05) is 128 Å². The fraction of sp³-hybridized carbons (Fsp3) is 0.152.